The molecule has 322 valence electrons. The van der Waals surface area contributed by atoms with Crippen LogP contribution in [0.5, 0.6) is 11.5 Å². The zero-order valence-corrected chi connectivity index (χ0v) is 38.3. The van der Waals surface area contributed by atoms with Gasteiger partial charge in [0.1, 0.15) is 11.5 Å². The molecule has 0 fully saturated rings. The average Bonchev–Trinajstić information content (AvgIpc) is 3.86. The zero-order chi connectivity index (χ0) is 45.3. The molecule has 0 amide bonds. The van der Waals surface area contributed by atoms with Crippen LogP contribution in [-0.4, -0.2) is 0 Å². The lowest BCUT2D eigenvalue weighted by Gasteiger charge is -2.40. The molecule has 69 heavy (non-hydrogen) atoms. The number of ether oxygens (including phenoxy) is 1. The number of anilines is 3. The maximum atomic E-state index is 6.76. The van der Waals surface area contributed by atoms with Gasteiger partial charge in [-0.2, -0.15) is 0 Å². The molecule has 2 heterocycles. The van der Waals surface area contributed by atoms with E-state index in [4.69, 9.17) is 4.74 Å². The fourth-order valence-corrected chi connectivity index (χ4v) is 13.9. The Kier molecular flexibility index (Phi) is 8.17. The minimum Gasteiger partial charge on any atom is -0.457 e. The summed E-state index contributed by atoms with van der Waals surface area (Å²) in [5, 5.41) is 2.51. The monoisotopic (exact) mass is 895 g/mol. The predicted octanol–water partition coefficient (Wildman–Crippen LogP) is 17.3. The van der Waals surface area contributed by atoms with Crippen LogP contribution in [0.1, 0.15) is 44.5 Å². The first kappa shape index (κ1) is 38.7. The van der Waals surface area contributed by atoms with Crippen LogP contribution in [0, 0.1) is 0 Å². The summed E-state index contributed by atoms with van der Waals surface area (Å²) in [7, 11) is 0. The molecule has 0 N–H and O–H groups in total. The highest BCUT2D eigenvalue weighted by atomic mass is 32.2. The molecule has 0 radical (unpaired) electrons. The van der Waals surface area contributed by atoms with Crippen LogP contribution in [0.15, 0.2) is 259 Å². The molecular formula is C66H41NOS. The van der Waals surface area contributed by atoms with E-state index >= 15 is 0 Å². The van der Waals surface area contributed by atoms with Gasteiger partial charge in [0.2, 0.25) is 0 Å². The summed E-state index contributed by atoms with van der Waals surface area (Å²) in [4.78, 5) is 5.12. The second-order valence-corrected chi connectivity index (χ2v) is 19.7. The molecule has 0 saturated carbocycles. The molecular weight excluding hydrogens is 855 g/mol. The lowest BCUT2D eigenvalue weighted by Crippen LogP contribution is -2.32. The van der Waals surface area contributed by atoms with Gasteiger partial charge in [-0.05, 0) is 133 Å². The van der Waals surface area contributed by atoms with Crippen LogP contribution >= 0.6 is 11.8 Å². The summed E-state index contributed by atoms with van der Waals surface area (Å²) < 4.78 is 6.76. The van der Waals surface area contributed by atoms with E-state index in [1.54, 1.807) is 0 Å². The maximum absolute atomic E-state index is 6.76. The highest BCUT2D eigenvalue weighted by Gasteiger charge is 2.53. The molecule has 0 saturated heterocycles. The molecule has 2 nitrogen and oxygen atoms in total. The fourth-order valence-electron chi connectivity index (χ4n) is 12.7. The van der Waals surface area contributed by atoms with Crippen molar-refractivity contribution in [3.05, 3.63) is 293 Å². The SMILES string of the molecule is c1ccc(-c2ccccc2N(c2ccc3c(c2)C2(c4ccccc4Oc4ccccc42)c2ccccc2-3)c2ccc3c(c2)C2(c4ccccc4Sc4cc5ccccc5cc42)c2ccccc2-3)cc1. The molecule has 2 aliphatic carbocycles. The molecule has 4 aliphatic rings. The van der Waals surface area contributed by atoms with E-state index in [9.17, 15) is 0 Å². The number of fused-ring (bicyclic) bond motifs is 19. The molecule has 1 unspecified atom stereocenters. The highest BCUT2D eigenvalue weighted by Crippen LogP contribution is 2.65. The van der Waals surface area contributed by atoms with E-state index in [0.717, 1.165) is 45.3 Å². The van der Waals surface area contributed by atoms with Gasteiger partial charge < -0.3 is 9.64 Å². The number of nitrogens with zero attached hydrogens (tertiary/aromatic N) is 1. The summed E-state index contributed by atoms with van der Waals surface area (Å²) in [5.74, 6) is 1.77. The number of hydrogen-bond donors (Lipinski definition) is 0. The number of hydrogen-bond acceptors (Lipinski definition) is 3. The molecule has 2 spiro atoms. The van der Waals surface area contributed by atoms with Gasteiger partial charge in [0.25, 0.3) is 0 Å². The molecule has 11 aromatic carbocycles. The molecule has 3 heteroatoms. The van der Waals surface area contributed by atoms with Crippen LogP contribution in [-0.2, 0) is 10.8 Å². The summed E-state index contributed by atoms with van der Waals surface area (Å²) in [5.41, 5.74) is 19.6. The first-order chi connectivity index (χ1) is 34.2. The second kappa shape index (κ2) is 14.6. The first-order valence-corrected chi connectivity index (χ1v) is 24.6. The predicted molar refractivity (Wildman–Crippen MR) is 283 cm³/mol. The van der Waals surface area contributed by atoms with Crippen LogP contribution in [0.4, 0.5) is 17.1 Å². The minimum absolute atomic E-state index is 0.563. The van der Waals surface area contributed by atoms with Crippen molar-refractivity contribution in [2.45, 2.75) is 20.6 Å². The van der Waals surface area contributed by atoms with Crippen molar-refractivity contribution in [3.8, 4) is 44.9 Å². The molecule has 11 aromatic rings. The summed E-state index contributed by atoms with van der Waals surface area (Å²) in [6, 6.07) is 92.5. The van der Waals surface area contributed by atoms with E-state index < -0.39 is 10.8 Å². The van der Waals surface area contributed by atoms with Crippen molar-refractivity contribution < 1.29 is 4.74 Å². The van der Waals surface area contributed by atoms with E-state index in [1.165, 1.54) is 81.8 Å². The van der Waals surface area contributed by atoms with Gasteiger partial charge in [-0.1, -0.05) is 200 Å². The molecule has 0 bridgehead atoms. The Labute approximate surface area is 405 Å². The standard InChI is InChI=1S/C66H41NOS/c1-2-18-42(19-3-1)47-22-8-14-30-60(47)67(45-34-36-50-48-23-6-9-25-52(48)65(57(50)40-45)54-27-11-15-31-61(54)68-62-32-16-12-28-55(62)65)46-35-37-51-49-24-7-10-26-53(49)66(58(51)41-46)56-29-13-17-33-63(56)69-64-39-44-21-5-4-20-43(44)38-59(64)66/h1-41H. The van der Waals surface area contributed by atoms with Crippen molar-refractivity contribution in [1.82, 2.24) is 0 Å². The van der Waals surface area contributed by atoms with Crippen molar-refractivity contribution in [2.24, 2.45) is 0 Å². The number of rotatable bonds is 4. The molecule has 2 aliphatic heterocycles. The quantitative estimate of drug-likeness (QED) is 0.175. The Balaban J connectivity index is 1.03. The fraction of sp³-hybridized carbons (Fsp3) is 0.0303. The average molecular weight is 896 g/mol. The molecule has 15 rings (SSSR count). The largest absolute Gasteiger partial charge is 0.457 e. The lowest BCUT2D eigenvalue weighted by atomic mass is 9.66. The lowest BCUT2D eigenvalue weighted by molar-refractivity contribution is 0.436. The maximum Gasteiger partial charge on any atom is 0.132 e. The van der Waals surface area contributed by atoms with Gasteiger partial charge >= 0.3 is 0 Å². The summed E-state index contributed by atoms with van der Waals surface area (Å²) in [6.45, 7) is 0. The van der Waals surface area contributed by atoms with Crippen molar-refractivity contribution in [1.29, 1.82) is 0 Å². The third-order valence-corrected chi connectivity index (χ3v) is 16.5. The van der Waals surface area contributed by atoms with Crippen LogP contribution in [0.3, 0.4) is 0 Å². The van der Waals surface area contributed by atoms with Crippen LogP contribution < -0.4 is 9.64 Å². The Morgan fingerprint density at radius 3 is 1.41 bits per heavy atom. The smallest absolute Gasteiger partial charge is 0.132 e. The molecule has 0 aromatic heterocycles. The van der Waals surface area contributed by atoms with Crippen molar-refractivity contribution in [3.63, 3.8) is 0 Å². The van der Waals surface area contributed by atoms with E-state index in [2.05, 4.69) is 254 Å². The van der Waals surface area contributed by atoms with Crippen LogP contribution in [0.2, 0.25) is 0 Å². The van der Waals surface area contributed by atoms with E-state index in [1.807, 2.05) is 11.8 Å². The number of para-hydroxylation sites is 3. The van der Waals surface area contributed by atoms with Gasteiger partial charge in [0.05, 0.1) is 16.5 Å². The van der Waals surface area contributed by atoms with E-state index in [-0.39, 0.29) is 0 Å². The summed E-state index contributed by atoms with van der Waals surface area (Å²) in [6.07, 6.45) is 0. The Hall–Kier alpha value is -8.37. The normalized spacial score (nSPS) is 15.8. The second-order valence-electron chi connectivity index (χ2n) is 18.7. The minimum atomic E-state index is -0.614. The Morgan fingerprint density at radius 2 is 0.768 bits per heavy atom. The Morgan fingerprint density at radius 1 is 0.304 bits per heavy atom. The van der Waals surface area contributed by atoms with Crippen molar-refractivity contribution >= 4 is 39.6 Å². The third-order valence-electron chi connectivity index (χ3n) is 15.4. The van der Waals surface area contributed by atoms with Crippen LogP contribution in [0.25, 0.3) is 44.2 Å². The van der Waals surface area contributed by atoms with Gasteiger partial charge in [0.15, 0.2) is 0 Å². The van der Waals surface area contributed by atoms with E-state index in [0.29, 0.717) is 0 Å². The topological polar surface area (TPSA) is 12.5 Å². The zero-order valence-electron chi connectivity index (χ0n) is 37.4. The highest BCUT2D eigenvalue weighted by molar-refractivity contribution is 7.99. The van der Waals surface area contributed by atoms with Crippen molar-refractivity contribution in [2.75, 3.05) is 4.90 Å². The first-order valence-electron chi connectivity index (χ1n) is 23.8. The van der Waals surface area contributed by atoms with Gasteiger partial charge in [-0.15, -0.1) is 0 Å². The summed E-state index contributed by atoms with van der Waals surface area (Å²) >= 11 is 1.90. The van der Waals surface area contributed by atoms with Gasteiger partial charge in [-0.25, -0.2) is 0 Å². The van der Waals surface area contributed by atoms with Gasteiger partial charge in [0, 0.05) is 37.9 Å². The Bertz CT molecular complexity index is 3900. The molecule has 1 atom stereocenters. The number of benzene rings is 11. The van der Waals surface area contributed by atoms with Gasteiger partial charge in [-0.3, -0.25) is 0 Å². The third kappa shape index (κ3) is 5.23.